The van der Waals surface area contributed by atoms with Gasteiger partial charge in [-0.1, -0.05) is 33.8 Å². The smallest absolute Gasteiger partial charge is 0.183 e. The normalized spacial score (nSPS) is 12.0. The molecule has 21 heavy (non-hydrogen) atoms. The number of ketones is 1. The highest BCUT2D eigenvalue weighted by Gasteiger charge is 2.40. The fourth-order valence-corrected chi connectivity index (χ4v) is 3.45. The van der Waals surface area contributed by atoms with E-state index in [2.05, 4.69) is 65.5 Å². The highest BCUT2D eigenvalue weighted by atomic mass is 16.1. The highest BCUT2D eigenvalue weighted by Crippen LogP contribution is 2.30. The van der Waals surface area contributed by atoms with E-state index < -0.39 is 0 Å². The van der Waals surface area contributed by atoms with Crippen LogP contribution in [0.3, 0.4) is 0 Å². The lowest BCUT2D eigenvalue weighted by Gasteiger charge is -2.41. The third-order valence-corrected chi connectivity index (χ3v) is 5.05. The van der Waals surface area contributed by atoms with Crippen LogP contribution in [0.1, 0.15) is 67.6 Å². The summed E-state index contributed by atoms with van der Waals surface area (Å²) in [5.41, 5.74) is 4.08. The number of carbonyl (C=O) groups excluding carboxylic acids is 1. The summed E-state index contributed by atoms with van der Waals surface area (Å²) in [6.45, 7) is 16.6. The second-order valence-corrected chi connectivity index (χ2v) is 5.99. The van der Waals surface area contributed by atoms with Crippen LogP contribution >= 0.6 is 0 Å². The number of hydrogen-bond donors (Lipinski definition) is 0. The Labute approximate surface area is 130 Å². The monoisotopic (exact) mass is 289 g/mol. The third-order valence-electron chi connectivity index (χ3n) is 5.05. The van der Waals surface area contributed by atoms with E-state index in [0.29, 0.717) is 0 Å². The summed E-state index contributed by atoms with van der Waals surface area (Å²) in [4.78, 5) is 15.7. The Morgan fingerprint density at radius 3 is 1.81 bits per heavy atom. The molecule has 0 atom stereocenters. The van der Waals surface area contributed by atoms with Crippen molar-refractivity contribution in [1.29, 1.82) is 0 Å². The van der Waals surface area contributed by atoms with Gasteiger partial charge in [0, 0.05) is 5.56 Å². The topological polar surface area (TPSA) is 20.3 Å². The average molecular weight is 289 g/mol. The molecular formula is C19H31NO. The van der Waals surface area contributed by atoms with Crippen molar-refractivity contribution in [2.75, 3.05) is 13.1 Å². The van der Waals surface area contributed by atoms with E-state index in [1.54, 1.807) is 0 Å². The molecule has 0 aliphatic carbocycles. The molecular weight excluding hydrogens is 258 g/mol. The lowest BCUT2D eigenvalue weighted by molar-refractivity contribution is 0.0534. The molecule has 0 aromatic heterocycles. The minimum absolute atomic E-state index is 0.289. The summed E-state index contributed by atoms with van der Waals surface area (Å²) < 4.78 is 0. The first-order chi connectivity index (χ1) is 9.87. The summed E-state index contributed by atoms with van der Waals surface area (Å²) in [7, 11) is 0. The van der Waals surface area contributed by atoms with Crippen LogP contribution in [0.15, 0.2) is 12.1 Å². The molecule has 0 aliphatic rings. The molecule has 0 aliphatic heterocycles. The van der Waals surface area contributed by atoms with Crippen molar-refractivity contribution in [3.05, 3.63) is 34.4 Å². The van der Waals surface area contributed by atoms with Gasteiger partial charge < -0.3 is 0 Å². The first kappa shape index (κ1) is 17.9. The Hall–Kier alpha value is -1.15. The van der Waals surface area contributed by atoms with E-state index in [9.17, 15) is 4.79 Å². The molecule has 1 aromatic carbocycles. The summed E-state index contributed by atoms with van der Waals surface area (Å²) in [6, 6.07) is 4.22. The predicted octanol–water partition coefficient (Wildman–Crippen LogP) is 4.70. The fourth-order valence-electron chi connectivity index (χ4n) is 3.45. The molecule has 0 radical (unpaired) electrons. The van der Waals surface area contributed by atoms with Crippen molar-refractivity contribution >= 4 is 5.78 Å². The number of Topliss-reactive ketones (excluding diaryl/α,β-unsaturated/α-hetero) is 1. The van der Waals surface area contributed by atoms with E-state index >= 15 is 0 Å². The first-order valence-corrected chi connectivity index (χ1v) is 8.25. The van der Waals surface area contributed by atoms with Gasteiger partial charge in [-0.15, -0.1) is 0 Å². The summed E-state index contributed by atoms with van der Waals surface area (Å²) >= 11 is 0. The molecule has 2 heteroatoms. The van der Waals surface area contributed by atoms with Crippen molar-refractivity contribution in [3.63, 3.8) is 0 Å². The number of nitrogens with zero attached hydrogens (tertiary/aromatic N) is 1. The van der Waals surface area contributed by atoms with Gasteiger partial charge in [-0.25, -0.2) is 0 Å². The van der Waals surface area contributed by atoms with Crippen LogP contribution in [0.5, 0.6) is 0 Å². The van der Waals surface area contributed by atoms with Crippen molar-refractivity contribution in [1.82, 2.24) is 4.90 Å². The molecule has 0 N–H and O–H groups in total. The second-order valence-electron chi connectivity index (χ2n) is 5.99. The molecule has 0 heterocycles. The van der Waals surface area contributed by atoms with E-state index in [4.69, 9.17) is 0 Å². The summed E-state index contributed by atoms with van der Waals surface area (Å²) in [6.07, 6.45) is 1.72. The van der Waals surface area contributed by atoms with Crippen molar-refractivity contribution in [2.24, 2.45) is 0 Å². The number of aryl methyl sites for hydroxylation is 3. The van der Waals surface area contributed by atoms with E-state index in [0.717, 1.165) is 37.1 Å². The second kappa shape index (κ2) is 7.22. The van der Waals surface area contributed by atoms with Crippen LogP contribution in [0.2, 0.25) is 0 Å². The van der Waals surface area contributed by atoms with Crippen molar-refractivity contribution < 1.29 is 4.79 Å². The molecule has 118 valence electrons. The third kappa shape index (κ3) is 3.21. The number of rotatable bonds is 7. The number of carbonyl (C=O) groups is 1. The zero-order valence-electron chi connectivity index (χ0n) is 14.8. The van der Waals surface area contributed by atoms with Crippen LogP contribution in [0.25, 0.3) is 0 Å². The van der Waals surface area contributed by atoms with E-state index in [1.165, 1.54) is 11.1 Å². The van der Waals surface area contributed by atoms with Gasteiger partial charge in [0.15, 0.2) is 5.78 Å². The average Bonchev–Trinajstić information content (AvgIpc) is 2.48. The molecule has 0 bridgehead atoms. The van der Waals surface area contributed by atoms with Crippen LogP contribution < -0.4 is 0 Å². The van der Waals surface area contributed by atoms with Crippen LogP contribution in [0.4, 0.5) is 0 Å². The molecule has 0 unspecified atom stereocenters. The maximum atomic E-state index is 13.3. The Bertz CT molecular complexity index is 497. The fraction of sp³-hybridized carbons (Fsp3) is 0.632. The van der Waals surface area contributed by atoms with Gasteiger partial charge >= 0.3 is 0 Å². The van der Waals surface area contributed by atoms with Gasteiger partial charge in [-0.3, -0.25) is 9.69 Å². The number of hydrogen-bond acceptors (Lipinski definition) is 2. The number of benzene rings is 1. The van der Waals surface area contributed by atoms with Crippen LogP contribution in [-0.2, 0) is 0 Å². The van der Waals surface area contributed by atoms with Gasteiger partial charge in [0.25, 0.3) is 0 Å². The number of likely N-dealkylation sites (N-methyl/N-ethyl adjacent to an activating group) is 1. The summed E-state index contributed by atoms with van der Waals surface area (Å²) in [5.74, 6) is 0.289. The Kier molecular flexibility index (Phi) is 6.15. The molecule has 0 saturated carbocycles. The Morgan fingerprint density at radius 2 is 1.38 bits per heavy atom. The largest absolute Gasteiger partial charge is 0.292 e. The van der Waals surface area contributed by atoms with Crippen LogP contribution in [-0.4, -0.2) is 29.3 Å². The quantitative estimate of drug-likeness (QED) is 0.678. The predicted molar refractivity (Wildman–Crippen MR) is 91.2 cm³/mol. The maximum absolute atomic E-state index is 13.3. The van der Waals surface area contributed by atoms with Gasteiger partial charge in [0.2, 0.25) is 0 Å². The molecule has 1 rings (SSSR count). The standard InChI is InChI=1S/C19H31NO/c1-8-19(9-2,20(10-3)11-4)18(21)17-13-15(6)14(5)12-16(17)7/h12-13H,8-11H2,1-7H3. The van der Waals surface area contributed by atoms with Crippen LogP contribution in [0, 0.1) is 20.8 Å². The van der Waals surface area contributed by atoms with Crippen molar-refractivity contribution in [2.45, 2.75) is 66.8 Å². The molecule has 1 aromatic rings. The lowest BCUT2D eigenvalue weighted by atomic mass is 9.80. The Morgan fingerprint density at radius 1 is 0.905 bits per heavy atom. The Balaban J connectivity index is 3.40. The van der Waals surface area contributed by atoms with Gasteiger partial charge in [-0.2, -0.15) is 0 Å². The first-order valence-electron chi connectivity index (χ1n) is 8.25. The molecule has 0 saturated heterocycles. The minimum Gasteiger partial charge on any atom is -0.292 e. The van der Waals surface area contributed by atoms with Gasteiger partial charge in [0.1, 0.15) is 0 Å². The zero-order chi connectivity index (χ0) is 16.2. The van der Waals surface area contributed by atoms with E-state index in [-0.39, 0.29) is 11.3 Å². The highest BCUT2D eigenvalue weighted by molar-refractivity contribution is 6.04. The zero-order valence-corrected chi connectivity index (χ0v) is 14.8. The SMILES string of the molecule is CCN(CC)C(CC)(CC)C(=O)c1cc(C)c(C)cc1C. The molecule has 2 nitrogen and oxygen atoms in total. The van der Waals surface area contributed by atoms with Crippen molar-refractivity contribution in [3.8, 4) is 0 Å². The van der Waals surface area contributed by atoms with Gasteiger partial charge in [-0.05, 0) is 69.5 Å². The molecule has 0 spiro atoms. The maximum Gasteiger partial charge on any atom is 0.183 e. The summed E-state index contributed by atoms with van der Waals surface area (Å²) in [5, 5.41) is 0. The minimum atomic E-state index is -0.365. The molecule has 0 fully saturated rings. The lowest BCUT2D eigenvalue weighted by Crippen LogP contribution is -2.54. The van der Waals surface area contributed by atoms with E-state index in [1.807, 2.05) is 0 Å². The van der Waals surface area contributed by atoms with Gasteiger partial charge in [0.05, 0.1) is 5.54 Å². The molecule has 0 amide bonds.